The largest absolute Gasteiger partial charge is 0.508 e. The lowest BCUT2D eigenvalue weighted by molar-refractivity contribution is 0.475. The van der Waals surface area contributed by atoms with E-state index >= 15 is 0 Å². The normalized spacial score (nSPS) is 14.0. The van der Waals surface area contributed by atoms with Gasteiger partial charge in [-0.3, -0.25) is 0 Å². The molecule has 1 heterocycles. The smallest absolute Gasteiger partial charge is 0.229 e. The molecule has 2 aromatic carbocycles. The Kier molecular flexibility index (Phi) is 3.04. The monoisotopic (exact) mass is 292 g/mol. The Hall–Kier alpha value is -2.82. The summed E-state index contributed by atoms with van der Waals surface area (Å²) in [4.78, 5) is 9.14. The van der Waals surface area contributed by atoms with Gasteiger partial charge in [0, 0.05) is 23.2 Å². The zero-order valence-electron chi connectivity index (χ0n) is 12.0. The Balaban J connectivity index is 1.73. The average molecular weight is 292 g/mol. The van der Waals surface area contributed by atoms with Crippen LogP contribution in [0.3, 0.4) is 0 Å². The summed E-state index contributed by atoms with van der Waals surface area (Å²) < 4.78 is 0. The molecule has 110 valence electrons. The second-order valence-electron chi connectivity index (χ2n) is 5.51. The number of hydrogen-bond acceptors (Lipinski definition) is 5. The van der Waals surface area contributed by atoms with Crippen LogP contribution in [0.5, 0.6) is 5.75 Å². The van der Waals surface area contributed by atoms with Crippen molar-refractivity contribution in [2.75, 3.05) is 10.6 Å². The highest BCUT2D eigenvalue weighted by Gasteiger charge is 2.22. The first-order valence-corrected chi connectivity index (χ1v) is 7.37. The van der Waals surface area contributed by atoms with Gasteiger partial charge in [0.1, 0.15) is 11.6 Å². The van der Waals surface area contributed by atoms with Gasteiger partial charge < -0.3 is 15.7 Å². The van der Waals surface area contributed by atoms with E-state index in [9.17, 15) is 5.11 Å². The number of aromatic hydroxyl groups is 1. The minimum Gasteiger partial charge on any atom is -0.508 e. The van der Waals surface area contributed by atoms with Crippen molar-refractivity contribution in [1.29, 1.82) is 0 Å². The molecule has 4 rings (SSSR count). The van der Waals surface area contributed by atoms with Crippen LogP contribution in [0.15, 0.2) is 48.5 Å². The molecule has 3 N–H and O–H groups in total. The second-order valence-corrected chi connectivity index (χ2v) is 5.51. The number of nitrogens with zero attached hydrogens (tertiary/aromatic N) is 2. The molecule has 22 heavy (non-hydrogen) atoms. The quantitative estimate of drug-likeness (QED) is 0.684. The van der Waals surface area contributed by atoms with Crippen molar-refractivity contribution >= 4 is 28.4 Å². The zero-order chi connectivity index (χ0) is 14.9. The van der Waals surface area contributed by atoms with Gasteiger partial charge >= 0.3 is 0 Å². The van der Waals surface area contributed by atoms with E-state index in [1.807, 2.05) is 30.3 Å². The molecule has 0 radical (unpaired) electrons. The highest BCUT2D eigenvalue weighted by atomic mass is 16.3. The molecule has 3 aromatic rings. The number of hydrogen-bond donors (Lipinski definition) is 3. The Morgan fingerprint density at radius 3 is 2.68 bits per heavy atom. The Morgan fingerprint density at radius 1 is 1.00 bits per heavy atom. The van der Waals surface area contributed by atoms with Gasteiger partial charge in [0.2, 0.25) is 5.95 Å². The Labute approximate surface area is 128 Å². The van der Waals surface area contributed by atoms with E-state index in [1.54, 1.807) is 18.2 Å². The van der Waals surface area contributed by atoms with Gasteiger partial charge in [-0.2, -0.15) is 4.98 Å². The van der Waals surface area contributed by atoms with Crippen LogP contribution in [0.4, 0.5) is 17.5 Å². The highest BCUT2D eigenvalue weighted by Crippen LogP contribution is 2.29. The van der Waals surface area contributed by atoms with E-state index in [2.05, 4.69) is 20.6 Å². The van der Waals surface area contributed by atoms with Gasteiger partial charge in [-0.15, -0.1) is 0 Å². The molecular weight excluding hydrogens is 276 g/mol. The number of fused-ring (bicyclic) bond motifs is 1. The number of phenols is 1. The second kappa shape index (κ2) is 5.18. The van der Waals surface area contributed by atoms with Crippen LogP contribution in [0.1, 0.15) is 12.8 Å². The van der Waals surface area contributed by atoms with E-state index in [0.29, 0.717) is 12.0 Å². The number of para-hydroxylation sites is 1. The van der Waals surface area contributed by atoms with E-state index in [1.165, 1.54) is 12.8 Å². The lowest BCUT2D eigenvalue weighted by Crippen LogP contribution is -2.07. The molecule has 0 unspecified atom stereocenters. The number of nitrogens with one attached hydrogen (secondary N) is 2. The summed E-state index contributed by atoms with van der Waals surface area (Å²) in [5.74, 6) is 1.59. The van der Waals surface area contributed by atoms with Crippen molar-refractivity contribution in [2.45, 2.75) is 18.9 Å². The Bertz CT molecular complexity index is 830. The summed E-state index contributed by atoms with van der Waals surface area (Å²) in [7, 11) is 0. The van der Waals surface area contributed by atoms with Gasteiger partial charge in [0.25, 0.3) is 0 Å². The fraction of sp³-hybridized carbons (Fsp3) is 0.176. The fourth-order valence-corrected chi connectivity index (χ4v) is 2.38. The summed E-state index contributed by atoms with van der Waals surface area (Å²) >= 11 is 0. The number of phenolic OH excluding ortho intramolecular Hbond substituents is 1. The van der Waals surface area contributed by atoms with Crippen molar-refractivity contribution in [3.8, 4) is 5.75 Å². The predicted molar refractivity (Wildman–Crippen MR) is 87.6 cm³/mol. The molecule has 1 aliphatic carbocycles. The van der Waals surface area contributed by atoms with E-state index in [4.69, 9.17) is 0 Å². The molecule has 1 fully saturated rings. The van der Waals surface area contributed by atoms with Gasteiger partial charge in [0.05, 0.1) is 5.52 Å². The van der Waals surface area contributed by atoms with Crippen molar-refractivity contribution in [1.82, 2.24) is 9.97 Å². The van der Waals surface area contributed by atoms with Crippen LogP contribution >= 0.6 is 0 Å². The predicted octanol–water partition coefficient (Wildman–Crippen LogP) is 3.65. The van der Waals surface area contributed by atoms with Crippen LogP contribution < -0.4 is 10.6 Å². The Morgan fingerprint density at radius 2 is 1.86 bits per heavy atom. The lowest BCUT2D eigenvalue weighted by Gasteiger charge is -2.11. The first kappa shape index (κ1) is 12.9. The van der Waals surface area contributed by atoms with Crippen LogP contribution in [-0.2, 0) is 0 Å². The molecule has 1 aliphatic rings. The summed E-state index contributed by atoms with van der Waals surface area (Å²) in [6.07, 6.45) is 2.38. The van der Waals surface area contributed by atoms with Gasteiger partial charge in [0.15, 0.2) is 0 Å². The van der Waals surface area contributed by atoms with Crippen molar-refractivity contribution in [3.05, 3.63) is 48.5 Å². The third-order valence-corrected chi connectivity index (χ3v) is 3.62. The van der Waals surface area contributed by atoms with Gasteiger partial charge in [-0.05, 0) is 37.1 Å². The standard InChI is InChI=1S/C17H16N4O/c22-13-5-3-4-12(10-13)19-17-20-15-7-2-1-6-14(15)16(21-17)18-11-8-9-11/h1-7,10-11,22H,8-9H2,(H2,18,19,20,21). The maximum atomic E-state index is 9.55. The first-order valence-electron chi connectivity index (χ1n) is 7.37. The average Bonchev–Trinajstić information content (AvgIpc) is 3.31. The van der Waals surface area contributed by atoms with Gasteiger partial charge in [-0.1, -0.05) is 18.2 Å². The number of rotatable bonds is 4. The van der Waals surface area contributed by atoms with Gasteiger partial charge in [-0.25, -0.2) is 4.98 Å². The third kappa shape index (κ3) is 2.65. The molecule has 0 spiro atoms. The van der Waals surface area contributed by atoms with E-state index in [0.717, 1.165) is 22.4 Å². The minimum absolute atomic E-state index is 0.210. The topological polar surface area (TPSA) is 70.1 Å². The molecule has 0 amide bonds. The number of anilines is 3. The fourth-order valence-electron chi connectivity index (χ4n) is 2.38. The van der Waals surface area contributed by atoms with Crippen LogP contribution in [0.25, 0.3) is 10.9 Å². The first-order chi connectivity index (χ1) is 10.8. The van der Waals surface area contributed by atoms with Crippen LogP contribution in [-0.4, -0.2) is 21.1 Å². The molecular formula is C17H16N4O. The number of aromatic nitrogens is 2. The molecule has 0 atom stereocenters. The zero-order valence-corrected chi connectivity index (χ0v) is 12.0. The molecule has 1 saturated carbocycles. The third-order valence-electron chi connectivity index (χ3n) is 3.62. The van der Waals surface area contributed by atoms with E-state index in [-0.39, 0.29) is 5.75 Å². The van der Waals surface area contributed by atoms with Crippen LogP contribution in [0, 0.1) is 0 Å². The molecule has 5 heteroatoms. The maximum Gasteiger partial charge on any atom is 0.229 e. The molecule has 0 bridgehead atoms. The maximum absolute atomic E-state index is 9.55. The van der Waals surface area contributed by atoms with Crippen molar-refractivity contribution in [2.24, 2.45) is 0 Å². The lowest BCUT2D eigenvalue weighted by atomic mass is 10.2. The molecule has 1 aromatic heterocycles. The number of benzene rings is 2. The SMILES string of the molecule is Oc1cccc(Nc2nc(NC3CC3)c3ccccc3n2)c1. The molecule has 0 aliphatic heterocycles. The van der Waals surface area contributed by atoms with Crippen molar-refractivity contribution < 1.29 is 5.11 Å². The summed E-state index contributed by atoms with van der Waals surface area (Å²) in [5.41, 5.74) is 1.65. The minimum atomic E-state index is 0.210. The van der Waals surface area contributed by atoms with E-state index < -0.39 is 0 Å². The summed E-state index contributed by atoms with van der Waals surface area (Å²) in [6.45, 7) is 0. The van der Waals surface area contributed by atoms with Crippen molar-refractivity contribution in [3.63, 3.8) is 0 Å². The van der Waals surface area contributed by atoms with Crippen LogP contribution in [0.2, 0.25) is 0 Å². The summed E-state index contributed by atoms with van der Waals surface area (Å²) in [6, 6.07) is 15.4. The summed E-state index contributed by atoms with van der Waals surface area (Å²) in [5, 5.41) is 17.2. The molecule has 5 nitrogen and oxygen atoms in total. The molecule has 0 saturated heterocycles. The highest BCUT2D eigenvalue weighted by molar-refractivity contribution is 5.90.